The van der Waals surface area contributed by atoms with Gasteiger partial charge in [0.05, 0.1) is 6.61 Å². The highest BCUT2D eigenvalue weighted by atomic mass is 16.5. The van der Waals surface area contributed by atoms with Gasteiger partial charge in [-0.3, -0.25) is 0 Å². The van der Waals surface area contributed by atoms with E-state index in [1.165, 1.54) is 38.0 Å². The maximum atomic E-state index is 5.75. The summed E-state index contributed by atoms with van der Waals surface area (Å²) in [5.41, 5.74) is 1.34. The molecule has 1 unspecified atom stereocenters. The zero-order valence-electron chi connectivity index (χ0n) is 10.6. The average molecular weight is 231 g/mol. The number of hydrogen-bond donors (Lipinski definition) is 0. The van der Waals surface area contributed by atoms with Gasteiger partial charge in [-0.2, -0.15) is 0 Å². The lowest BCUT2D eigenvalue weighted by Crippen LogP contribution is -2.18. The highest BCUT2D eigenvalue weighted by Crippen LogP contribution is 2.30. The molecule has 1 aliphatic carbocycles. The summed E-state index contributed by atoms with van der Waals surface area (Å²) in [7, 11) is 0. The molecule has 1 saturated heterocycles. The second-order valence-corrected chi connectivity index (χ2v) is 5.59. The molecule has 1 aromatic rings. The molecule has 0 aromatic heterocycles. The third-order valence-electron chi connectivity index (χ3n) is 3.81. The fourth-order valence-electron chi connectivity index (χ4n) is 2.42. The molecule has 92 valence electrons. The van der Waals surface area contributed by atoms with Crippen molar-refractivity contribution in [3.05, 3.63) is 24.3 Å². The van der Waals surface area contributed by atoms with Crippen molar-refractivity contribution in [2.75, 3.05) is 24.6 Å². The van der Waals surface area contributed by atoms with E-state index in [9.17, 15) is 0 Å². The van der Waals surface area contributed by atoms with Crippen LogP contribution in [-0.4, -0.2) is 19.7 Å². The number of ether oxygens (including phenoxy) is 1. The van der Waals surface area contributed by atoms with Crippen molar-refractivity contribution in [2.45, 2.75) is 26.2 Å². The first-order valence-electron chi connectivity index (χ1n) is 6.79. The van der Waals surface area contributed by atoms with Crippen molar-refractivity contribution in [2.24, 2.45) is 11.8 Å². The lowest BCUT2D eigenvalue weighted by atomic mass is 10.2. The highest BCUT2D eigenvalue weighted by molar-refractivity contribution is 5.49. The van der Waals surface area contributed by atoms with E-state index in [4.69, 9.17) is 4.74 Å². The normalized spacial score (nSPS) is 24.1. The Hall–Kier alpha value is -1.18. The minimum Gasteiger partial charge on any atom is -0.493 e. The second kappa shape index (κ2) is 4.59. The van der Waals surface area contributed by atoms with Crippen LogP contribution in [0.1, 0.15) is 26.2 Å². The predicted molar refractivity (Wildman–Crippen MR) is 70.7 cm³/mol. The quantitative estimate of drug-likeness (QED) is 0.788. The van der Waals surface area contributed by atoms with Crippen LogP contribution in [0.5, 0.6) is 5.75 Å². The maximum Gasteiger partial charge on any atom is 0.119 e. The summed E-state index contributed by atoms with van der Waals surface area (Å²) < 4.78 is 5.75. The third-order valence-corrected chi connectivity index (χ3v) is 3.81. The lowest BCUT2D eigenvalue weighted by Gasteiger charge is -2.18. The van der Waals surface area contributed by atoms with E-state index >= 15 is 0 Å². The van der Waals surface area contributed by atoms with Gasteiger partial charge in [0.25, 0.3) is 0 Å². The molecule has 2 heteroatoms. The first-order chi connectivity index (χ1) is 8.31. The number of anilines is 1. The van der Waals surface area contributed by atoms with E-state index in [2.05, 4.69) is 36.1 Å². The molecule has 2 nitrogen and oxygen atoms in total. The molecule has 1 aliphatic heterocycles. The molecule has 0 bridgehead atoms. The van der Waals surface area contributed by atoms with E-state index in [-0.39, 0.29) is 0 Å². The van der Waals surface area contributed by atoms with Gasteiger partial charge in [0.2, 0.25) is 0 Å². The minimum atomic E-state index is 0.828. The summed E-state index contributed by atoms with van der Waals surface area (Å²) in [4.78, 5) is 2.47. The van der Waals surface area contributed by atoms with Gasteiger partial charge < -0.3 is 9.64 Å². The van der Waals surface area contributed by atoms with Crippen molar-refractivity contribution in [1.82, 2.24) is 0 Å². The van der Waals surface area contributed by atoms with Crippen LogP contribution >= 0.6 is 0 Å². The predicted octanol–water partition coefficient (Wildman–Crippen LogP) is 3.32. The fraction of sp³-hybridized carbons (Fsp3) is 0.600. The van der Waals surface area contributed by atoms with E-state index in [1.54, 1.807) is 0 Å². The van der Waals surface area contributed by atoms with Gasteiger partial charge in [-0.05, 0) is 55.4 Å². The van der Waals surface area contributed by atoms with Crippen LogP contribution in [0.4, 0.5) is 5.69 Å². The number of hydrogen-bond acceptors (Lipinski definition) is 2. The van der Waals surface area contributed by atoms with Gasteiger partial charge in [-0.25, -0.2) is 0 Å². The zero-order valence-corrected chi connectivity index (χ0v) is 10.6. The monoisotopic (exact) mass is 231 g/mol. The van der Waals surface area contributed by atoms with Crippen LogP contribution in [0, 0.1) is 11.8 Å². The zero-order chi connectivity index (χ0) is 11.7. The van der Waals surface area contributed by atoms with Crippen LogP contribution in [-0.2, 0) is 0 Å². The molecule has 2 fully saturated rings. The molecule has 17 heavy (non-hydrogen) atoms. The molecule has 1 aromatic carbocycles. The molecule has 1 atom stereocenters. The van der Waals surface area contributed by atoms with E-state index in [1.807, 2.05) is 0 Å². The molecule has 0 radical (unpaired) electrons. The Morgan fingerprint density at radius 2 is 1.94 bits per heavy atom. The Morgan fingerprint density at radius 3 is 2.53 bits per heavy atom. The summed E-state index contributed by atoms with van der Waals surface area (Å²) >= 11 is 0. The van der Waals surface area contributed by atoms with Gasteiger partial charge in [0.1, 0.15) is 5.75 Å². The summed E-state index contributed by atoms with van der Waals surface area (Å²) in [6.45, 7) is 5.62. The smallest absolute Gasteiger partial charge is 0.119 e. The Labute approximate surface area is 104 Å². The Bertz CT molecular complexity index is 369. The third kappa shape index (κ3) is 2.74. The standard InChI is InChI=1S/C15H21NO/c1-12-8-9-16(10-12)14-4-6-15(7-5-14)17-11-13-2-3-13/h4-7,12-13H,2-3,8-11H2,1H3. The molecule has 3 rings (SSSR count). The molecular weight excluding hydrogens is 210 g/mol. The minimum absolute atomic E-state index is 0.828. The average Bonchev–Trinajstić information content (AvgIpc) is 3.09. The number of nitrogens with zero attached hydrogens (tertiary/aromatic N) is 1. The topological polar surface area (TPSA) is 12.5 Å². The Morgan fingerprint density at radius 1 is 1.18 bits per heavy atom. The summed E-state index contributed by atoms with van der Waals surface area (Å²) in [5.74, 6) is 2.68. The van der Waals surface area contributed by atoms with Crippen molar-refractivity contribution in [3.8, 4) is 5.75 Å². The van der Waals surface area contributed by atoms with Crippen LogP contribution in [0.2, 0.25) is 0 Å². The Balaban J connectivity index is 1.58. The largest absolute Gasteiger partial charge is 0.493 e. The van der Waals surface area contributed by atoms with E-state index < -0.39 is 0 Å². The number of benzene rings is 1. The van der Waals surface area contributed by atoms with E-state index in [0.717, 1.165) is 24.2 Å². The molecule has 0 amide bonds. The lowest BCUT2D eigenvalue weighted by molar-refractivity contribution is 0.300. The SMILES string of the molecule is CC1CCN(c2ccc(OCC3CC3)cc2)C1. The molecule has 1 saturated carbocycles. The van der Waals surface area contributed by atoms with Crippen molar-refractivity contribution in [1.29, 1.82) is 0 Å². The summed E-state index contributed by atoms with van der Waals surface area (Å²) in [5, 5.41) is 0. The molecule has 2 aliphatic rings. The van der Waals surface area contributed by atoms with Crippen molar-refractivity contribution >= 4 is 5.69 Å². The van der Waals surface area contributed by atoms with Gasteiger partial charge >= 0.3 is 0 Å². The second-order valence-electron chi connectivity index (χ2n) is 5.59. The van der Waals surface area contributed by atoms with Crippen molar-refractivity contribution < 1.29 is 4.74 Å². The molecule has 0 N–H and O–H groups in total. The van der Waals surface area contributed by atoms with Crippen LogP contribution in [0.25, 0.3) is 0 Å². The van der Waals surface area contributed by atoms with Gasteiger partial charge in [0, 0.05) is 18.8 Å². The molecular formula is C15H21NO. The summed E-state index contributed by atoms with van der Waals surface area (Å²) in [6, 6.07) is 8.61. The van der Waals surface area contributed by atoms with E-state index in [0.29, 0.717) is 0 Å². The first-order valence-corrected chi connectivity index (χ1v) is 6.79. The summed E-state index contributed by atoms with van der Waals surface area (Å²) in [6.07, 6.45) is 4.02. The molecule has 0 spiro atoms. The first kappa shape index (κ1) is 10.9. The molecule has 1 heterocycles. The van der Waals surface area contributed by atoms with Crippen molar-refractivity contribution in [3.63, 3.8) is 0 Å². The van der Waals surface area contributed by atoms with Gasteiger partial charge in [0.15, 0.2) is 0 Å². The fourth-order valence-corrected chi connectivity index (χ4v) is 2.42. The van der Waals surface area contributed by atoms with Crippen LogP contribution in [0.3, 0.4) is 0 Å². The van der Waals surface area contributed by atoms with Gasteiger partial charge in [-0.1, -0.05) is 6.92 Å². The Kier molecular flexibility index (Phi) is 2.96. The maximum absolute atomic E-state index is 5.75. The van der Waals surface area contributed by atoms with Crippen LogP contribution in [0.15, 0.2) is 24.3 Å². The highest BCUT2D eigenvalue weighted by Gasteiger charge is 2.22. The van der Waals surface area contributed by atoms with Crippen LogP contribution < -0.4 is 9.64 Å². The van der Waals surface area contributed by atoms with Gasteiger partial charge in [-0.15, -0.1) is 0 Å². The number of rotatable bonds is 4.